The third-order valence-electron chi connectivity index (χ3n) is 3.08. The molecule has 0 bridgehead atoms. The monoisotopic (exact) mass is 350 g/mol. The minimum atomic E-state index is -0.231. The van der Waals surface area contributed by atoms with E-state index in [9.17, 15) is 4.79 Å². The maximum atomic E-state index is 11.5. The molecule has 0 aliphatic rings. The standard InChI is InChI=1S/C16H19ClN4O3/c1-4-11-8-14(22)20-16(19-11)21-18-9-10-6-12(17)15(24-5-2)13(7-10)23-3/h6-9H,4-5H2,1-3H3,(H2,19,20,21,22)/b18-9-. The zero-order valence-corrected chi connectivity index (χ0v) is 14.5. The Kier molecular flexibility index (Phi) is 6.20. The van der Waals surface area contributed by atoms with Gasteiger partial charge in [0.05, 0.1) is 25.0 Å². The Balaban J connectivity index is 2.19. The maximum absolute atomic E-state index is 11.5. The van der Waals surface area contributed by atoms with Crippen molar-refractivity contribution in [1.82, 2.24) is 9.97 Å². The molecule has 7 nitrogen and oxygen atoms in total. The first-order chi connectivity index (χ1) is 11.6. The van der Waals surface area contributed by atoms with Gasteiger partial charge in [0.25, 0.3) is 5.56 Å². The summed E-state index contributed by atoms with van der Waals surface area (Å²) in [7, 11) is 1.54. The normalized spacial score (nSPS) is 10.8. The second kappa shape index (κ2) is 8.35. The van der Waals surface area contributed by atoms with E-state index in [2.05, 4.69) is 20.5 Å². The smallest absolute Gasteiger partial charge is 0.252 e. The molecule has 24 heavy (non-hydrogen) atoms. The highest BCUT2D eigenvalue weighted by Gasteiger charge is 2.10. The van der Waals surface area contributed by atoms with E-state index in [0.717, 1.165) is 0 Å². The molecule has 0 unspecified atom stereocenters. The van der Waals surface area contributed by atoms with Crippen molar-refractivity contribution in [1.29, 1.82) is 0 Å². The zero-order valence-electron chi connectivity index (χ0n) is 13.7. The van der Waals surface area contributed by atoms with Gasteiger partial charge < -0.3 is 9.47 Å². The number of aryl methyl sites for hydroxylation is 1. The Morgan fingerprint density at radius 1 is 1.38 bits per heavy atom. The van der Waals surface area contributed by atoms with Crippen LogP contribution in [0.25, 0.3) is 0 Å². The first kappa shape index (κ1) is 17.8. The molecule has 0 atom stereocenters. The number of nitrogens with zero attached hydrogens (tertiary/aromatic N) is 2. The van der Waals surface area contributed by atoms with Crippen LogP contribution in [0.5, 0.6) is 11.5 Å². The van der Waals surface area contributed by atoms with Crippen molar-refractivity contribution in [3.8, 4) is 11.5 Å². The van der Waals surface area contributed by atoms with Gasteiger partial charge in [-0.15, -0.1) is 0 Å². The maximum Gasteiger partial charge on any atom is 0.252 e. The molecule has 0 amide bonds. The molecule has 0 fully saturated rings. The molecule has 0 aliphatic carbocycles. The summed E-state index contributed by atoms with van der Waals surface area (Å²) >= 11 is 6.20. The number of halogens is 1. The lowest BCUT2D eigenvalue weighted by Gasteiger charge is -2.11. The van der Waals surface area contributed by atoms with Crippen molar-refractivity contribution in [2.75, 3.05) is 19.1 Å². The second-order valence-electron chi connectivity index (χ2n) is 4.78. The fraction of sp³-hybridized carbons (Fsp3) is 0.312. The van der Waals surface area contributed by atoms with E-state index < -0.39 is 0 Å². The van der Waals surface area contributed by atoms with Crippen LogP contribution in [0.3, 0.4) is 0 Å². The van der Waals surface area contributed by atoms with Gasteiger partial charge in [-0.25, -0.2) is 10.4 Å². The third kappa shape index (κ3) is 4.48. The van der Waals surface area contributed by atoms with Gasteiger partial charge in [0.2, 0.25) is 5.95 Å². The number of ether oxygens (including phenoxy) is 2. The van der Waals surface area contributed by atoms with E-state index in [1.165, 1.54) is 13.2 Å². The number of benzene rings is 1. The minimum Gasteiger partial charge on any atom is -0.493 e. The van der Waals surface area contributed by atoms with Crippen LogP contribution >= 0.6 is 11.6 Å². The number of aromatic nitrogens is 2. The molecule has 0 aliphatic heterocycles. The van der Waals surface area contributed by atoms with Gasteiger partial charge in [-0.2, -0.15) is 5.10 Å². The van der Waals surface area contributed by atoms with E-state index in [4.69, 9.17) is 21.1 Å². The van der Waals surface area contributed by atoms with Crippen molar-refractivity contribution in [2.45, 2.75) is 20.3 Å². The van der Waals surface area contributed by atoms with Gasteiger partial charge >= 0.3 is 0 Å². The van der Waals surface area contributed by atoms with E-state index in [1.54, 1.807) is 18.3 Å². The first-order valence-corrected chi connectivity index (χ1v) is 7.84. The van der Waals surface area contributed by atoms with Crippen LogP contribution in [-0.2, 0) is 6.42 Å². The number of hydrogen-bond donors (Lipinski definition) is 2. The summed E-state index contributed by atoms with van der Waals surface area (Å²) in [5.74, 6) is 1.29. The summed E-state index contributed by atoms with van der Waals surface area (Å²) in [6.45, 7) is 4.27. The molecule has 0 saturated carbocycles. The number of hydrogen-bond acceptors (Lipinski definition) is 6. The Labute approximate surface area is 144 Å². The average Bonchev–Trinajstić information content (AvgIpc) is 2.56. The Morgan fingerprint density at radius 3 is 2.83 bits per heavy atom. The molecule has 8 heteroatoms. The van der Waals surface area contributed by atoms with Crippen molar-refractivity contribution in [3.05, 3.63) is 44.8 Å². The van der Waals surface area contributed by atoms with Crippen LogP contribution in [0.1, 0.15) is 25.1 Å². The number of H-pyrrole nitrogens is 1. The number of aromatic amines is 1. The number of rotatable bonds is 7. The molecule has 0 radical (unpaired) electrons. The number of hydrazone groups is 1. The zero-order chi connectivity index (χ0) is 17.5. The molecule has 1 heterocycles. The molecule has 1 aromatic heterocycles. The van der Waals surface area contributed by atoms with Crippen LogP contribution in [0.4, 0.5) is 5.95 Å². The average molecular weight is 351 g/mol. The van der Waals surface area contributed by atoms with E-state index >= 15 is 0 Å². The predicted octanol–water partition coefficient (Wildman–Crippen LogP) is 2.84. The fourth-order valence-electron chi connectivity index (χ4n) is 2.01. The van der Waals surface area contributed by atoms with Crippen molar-refractivity contribution < 1.29 is 9.47 Å². The van der Waals surface area contributed by atoms with Crippen molar-refractivity contribution in [2.24, 2.45) is 5.10 Å². The number of methoxy groups -OCH3 is 1. The van der Waals surface area contributed by atoms with Gasteiger partial charge in [-0.05, 0) is 31.0 Å². The topological polar surface area (TPSA) is 88.6 Å². The van der Waals surface area contributed by atoms with Crippen LogP contribution in [0, 0.1) is 0 Å². The molecule has 128 valence electrons. The molecule has 2 aromatic rings. The Bertz CT molecular complexity index is 789. The third-order valence-corrected chi connectivity index (χ3v) is 3.36. The molecular weight excluding hydrogens is 332 g/mol. The minimum absolute atomic E-state index is 0.231. The second-order valence-corrected chi connectivity index (χ2v) is 5.18. The Hall–Kier alpha value is -2.54. The van der Waals surface area contributed by atoms with Gasteiger partial charge in [0, 0.05) is 11.8 Å². The summed E-state index contributed by atoms with van der Waals surface area (Å²) in [5.41, 5.74) is 3.85. The van der Waals surface area contributed by atoms with Crippen LogP contribution < -0.4 is 20.5 Å². The first-order valence-electron chi connectivity index (χ1n) is 7.47. The van der Waals surface area contributed by atoms with E-state index in [0.29, 0.717) is 40.8 Å². The summed E-state index contributed by atoms with van der Waals surface area (Å²) < 4.78 is 10.7. The molecule has 0 spiro atoms. The van der Waals surface area contributed by atoms with Gasteiger partial charge in [-0.3, -0.25) is 9.78 Å². The largest absolute Gasteiger partial charge is 0.493 e. The molecular formula is C16H19ClN4O3. The van der Waals surface area contributed by atoms with Gasteiger partial charge in [0.1, 0.15) is 0 Å². The van der Waals surface area contributed by atoms with Crippen LogP contribution in [0.15, 0.2) is 28.1 Å². The van der Waals surface area contributed by atoms with E-state index in [1.807, 2.05) is 13.8 Å². The fourth-order valence-corrected chi connectivity index (χ4v) is 2.28. The molecule has 0 saturated heterocycles. The highest BCUT2D eigenvalue weighted by molar-refractivity contribution is 6.32. The van der Waals surface area contributed by atoms with Crippen molar-refractivity contribution >= 4 is 23.8 Å². The Morgan fingerprint density at radius 2 is 2.17 bits per heavy atom. The number of anilines is 1. The summed E-state index contributed by atoms with van der Waals surface area (Å²) in [6.07, 6.45) is 2.21. The molecule has 2 N–H and O–H groups in total. The summed E-state index contributed by atoms with van der Waals surface area (Å²) in [4.78, 5) is 18.3. The van der Waals surface area contributed by atoms with E-state index in [-0.39, 0.29) is 11.5 Å². The summed E-state index contributed by atoms with van der Waals surface area (Å²) in [6, 6.07) is 4.91. The highest BCUT2D eigenvalue weighted by Crippen LogP contribution is 2.35. The quantitative estimate of drug-likeness (QED) is 0.592. The van der Waals surface area contributed by atoms with Gasteiger partial charge in [-0.1, -0.05) is 18.5 Å². The molecule has 2 rings (SSSR count). The summed E-state index contributed by atoms with van der Waals surface area (Å²) in [5, 5.41) is 4.49. The lowest BCUT2D eigenvalue weighted by atomic mass is 10.2. The SMILES string of the molecule is CCOc1c(Cl)cc(/C=N\Nc2nc(CC)cc(=O)[nH]2)cc1OC. The van der Waals surface area contributed by atoms with Crippen LogP contribution in [0.2, 0.25) is 5.02 Å². The predicted molar refractivity (Wildman–Crippen MR) is 94.6 cm³/mol. The van der Waals surface area contributed by atoms with Gasteiger partial charge in [0.15, 0.2) is 11.5 Å². The van der Waals surface area contributed by atoms with Crippen molar-refractivity contribution in [3.63, 3.8) is 0 Å². The van der Waals surface area contributed by atoms with Crippen LogP contribution in [-0.4, -0.2) is 29.9 Å². The number of nitrogens with one attached hydrogen (secondary N) is 2. The highest BCUT2D eigenvalue weighted by atomic mass is 35.5. The lowest BCUT2D eigenvalue weighted by Crippen LogP contribution is -2.11. The molecule has 1 aromatic carbocycles. The lowest BCUT2D eigenvalue weighted by molar-refractivity contribution is 0.311.